The third-order valence-electron chi connectivity index (χ3n) is 5.72. The van der Waals surface area contributed by atoms with Crippen LogP contribution in [-0.4, -0.2) is 167 Å². The number of para-hydroxylation sites is 1. The van der Waals surface area contributed by atoms with E-state index in [2.05, 4.69) is 19.6 Å². The summed E-state index contributed by atoms with van der Waals surface area (Å²) < 4.78 is 71.6. The van der Waals surface area contributed by atoms with Gasteiger partial charge in [0.05, 0.1) is 152 Å². The molecule has 0 bridgehead atoms. The first-order valence-electron chi connectivity index (χ1n) is 16.7. The molecule has 0 radical (unpaired) electrons. The zero-order valence-electron chi connectivity index (χ0n) is 29.2. The minimum absolute atomic E-state index is 0.511. The van der Waals surface area contributed by atoms with Gasteiger partial charge in [-0.15, -0.1) is 0 Å². The number of hydrogen-bond acceptors (Lipinski definition) is 13. The largest absolute Gasteiger partial charge is 0.491 e. The summed E-state index contributed by atoms with van der Waals surface area (Å²) in [5.74, 6) is 0.844. The lowest BCUT2D eigenvalue weighted by Crippen LogP contribution is -2.27. The number of ether oxygens (including phenoxy) is 12. The van der Waals surface area contributed by atoms with Crippen LogP contribution in [0.1, 0.15) is 0 Å². The van der Waals surface area contributed by atoms with Crippen LogP contribution in [0.15, 0.2) is 30.3 Å². The van der Waals surface area contributed by atoms with Gasteiger partial charge in [0, 0.05) is 0 Å². The highest BCUT2D eigenvalue weighted by Crippen LogP contribution is 2.07. The minimum Gasteiger partial charge on any atom is -0.491 e. The first-order chi connectivity index (χ1) is 23.1. The Bertz CT molecular complexity index is 743. The molecule has 0 aliphatic rings. The van der Waals surface area contributed by atoms with Gasteiger partial charge in [-0.05, 0) is 31.8 Å². The lowest BCUT2D eigenvalue weighted by molar-refractivity contribution is -0.0279. The fourth-order valence-corrected chi connectivity index (χ4v) is 4.14. The van der Waals surface area contributed by atoms with E-state index in [4.69, 9.17) is 61.3 Å². The van der Waals surface area contributed by atoms with E-state index < -0.39 is 8.32 Å². The van der Waals surface area contributed by atoms with Crippen molar-refractivity contribution in [2.24, 2.45) is 0 Å². The van der Waals surface area contributed by atoms with Gasteiger partial charge in [0.15, 0.2) is 8.32 Å². The fraction of sp³-hybridized carbons (Fsp3) is 0.818. The molecule has 47 heavy (non-hydrogen) atoms. The van der Waals surface area contributed by atoms with E-state index >= 15 is 0 Å². The smallest absolute Gasteiger partial charge is 0.183 e. The predicted octanol–water partition coefficient (Wildman–Crippen LogP) is 3.10. The molecule has 1 rings (SSSR count). The molecule has 0 saturated heterocycles. The van der Waals surface area contributed by atoms with E-state index in [0.717, 1.165) is 5.75 Å². The molecule has 1 aromatic rings. The topological polar surface area (TPSA) is 120 Å². The Morgan fingerprint density at radius 2 is 0.553 bits per heavy atom. The summed E-state index contributed by atoms with van der Waals surface area (Å²) in [6, 6.07) is 9.67. The summed E-state index contributed by atoms with van der Waals surface area (Å²) in [6.07, 6.45) is 0. The lowest BCUT2D eigenvalue weighted by Gasteiger charge is -2.16. The van der Waals surface area contributed by atoms with Crippen LogP contribution in [0.25, 0.3) is 0 Å². The first kappa shape index (κ1) is 43.8. The van der Waals surface area contributed by atoms with Crippen molar-refractivity contribution >= 4 is 8.32 Å². The average Bonchev–Trinajstić information content (AvgIpc) is 3.06. The molecule has 0 spiro atoms. The molecule has 0 atom stereocenters. The lowest BCUT2D eigenvalue weighted by atomic mass is 10.3. The van der Waals surface area contributed by atoms with Gasteiger partial charge in [-0.1, -0.05) is 18.2 Å². The summed E-state index contributed by atoms with van der Waals surface area (Å²) in [4.78, 5) is 0. The van der Waals surface area contributed by atoms with E-state index in [-0.39, 0.29) is 0 Å². The minimum atomic E-state index is -1.45. The van der Waals surface area contributed by atoms with Crippen molar-refractivity contribution in [2.45, 2.75) is 19.6 Å². The third-order valence-corrected chi connectivity index (χ3v) is 6.79. The maximum absolute atomic E-state index is 5.72. The van der Waals surface area contributed by atoms with Gasteiger partial charge < -0.3 is 61.3 Å². The van der Waals surface area contributed by atoms with Crippen molar-refractivity contribution in [3.63, 3.8) is 0 Å². The van der Waals surface area contributed by atoms with Gasteiger partial charge in [-0.2, -0.15) is 0 Å². The van der Waals surface area contributed by atoms with Crippen molar-refractivity contribution in [1.29, 1.82) is 0 Å². The molecule has 0 N–H and O–H groups in total. The van der Waals surface area contributed by atoms with E-state index in [1.807, 2.05) is 30.3 Å². The molecule has 0 aliphatic heterocycles. The molecule has 0 fully saturated rings. The summed E-state index contributed by atoms with van der Waals surface area (Å²) in [5, 5.41) is 0. The number of rotatable bonds is 38. The molecular weight excluding hydrogens is 632 g/mol. The predicted molar refractivity (Wildman–Crippen MR) is 180 cm³/mol. The first-order valence-corrected chi connectivity index (χ1v) is 20.2. The second kappa shape index (κ2) is 34.6. The van der Waals surface area contributed by atoms with E-state index in [1.165, 1.54) is 0 Å². The summed E-state index contributed by atoms with van der Waals surface area (Å²) >= 11 is 0. The molecular formula is C33H62O13Si. The summed E-state index contributed by atoms with van der Waals surface area (Å²) in [6.45, 7) is 19.2. The third kappa shape index (κ3) is 35.9. The molecule has 14 heteroatoms. The molecule has 276 valence electrons. The average molecular weight is 695 g/mol. The SMILES string of the molecule is C[Si](C)(C)OCCOCCOCCOCCOCCOCCOCCOCCOCCOCCOCCOCCOc1ccccc1. The van der Waals surface area contributed by atoms with Crippen LogP contribution >= 0.6 is 0 Å². The van der Waals surface area contributed by atoms with E-state index in [0.29, 0.717) is 159 Å². The molecule has 0 heterocycles. The maximum Gasteiger partial charge on any atom is 0.183 e. The van der Waals surface area contributed by atoms with Crippen LogP contribution in [0.3, 0.4) is 0 Å². The maximum atomic E-state index is 5.72. The Morgan fingerprint density at radius 3 is 0.809 bits per heavy atom. The molecule has 0 unspecified atom stereocenters. The Balaban J connectivity index is 1.61. The van der Waals surface area contributed by atoms with Crippen molar-refractivity contribution in [1.82, 2.24) is 0 Å². The molecule has 0 aromatic heterocycles. The monoisotopic (exact) mass is 694 g/mol. The van der Waals surface area contributed by atoms with Crippen molar-refractivity contribution in [2.75, 3.05) is 159 Å². The second-order valence-electron chi connectivity index (χ2n) is 10.9. The van der Waals surface area contributed by atoms with E-state index in [1.54, 1.807) is 0 Å². The van der Waals surface area contributed by atoms with Crippen LogP contribution in [0.5, 0.6) is 5.75 Å². The van der Waals surface area contributed by atoms with Gasteiger partial charge in [-0.3, -0.25) is 0 Å². The quantitative estimate of drug-likeness (QED) is 0.0746. The second-order valence-corrected chi connectivity index (χ2v) is 15.4. The fourth-order valence-electron chi connectivity index (χ4n) is 3.44. The Labute approximate surface area is 283 Å². The van der Waals surface area contributed by atoms with Gasteiger partial charge >= 0.3 is 0 Å². The van der Waals surface area contributed by atoms with Crippen LogP contribution < -0.4 is 4.74 Å². The number of benzene rings is 1. The van der Waals surface area contributed by atoms with Crippen LogP contribution in [0.2, 0.25) is 19.6 Å². The zero-order chi connectivity index (χ0) is 33.8. The Hall–Kier alpha value is -1.24. The highest BCUT2D eigenvalue weighted by Gasteiger charge is 2.13. The highest BCUT2D eigenvalue weighted by molar-refractivity contribution is 6.69. The van der Waals surface area contributed by atoms with Crippen LogP contribution in [0.4, 0.5) is 0 Å². The van der Waals surface area contributed by atoms with Crippen LogP contribution in [0, 0.1) is 0 Å². The standard InChI is InChI=1S/C33H62O13Si/c1-47(2,3)46-32-30-44-28-26-42-24-22-40-20-18-38-16-14-36-12-10-34-9-11-35-13-15-37-17-19-39-21-23-41-25-27-43-29-31-45-33-7-5-4-6-8-33/h4-8H,9-32H2,1-3H3. The van der Waals surface area contributed by atoms with Crippen LogP contribution in [-0.2, 0) is 56.5 Å². The van der Waals surface area contributed by atoms with E-state index in [9.17, 15) is 0 Å². The van der Waals surface area contributed by atoms with Crippen molar-refractivity contribution in [3.05, 3.63) is 30.3 Å². The molecule has 0 amide bonds. The van der Waals surface area contributed by atoms with Gasteiger partial charge in [0.2, 0.25) is 0 Å². The summed E-state index contributed by atoms with van der Waals surface area (Å²) in [7, 11) is -1.45. The molecule has 13 nitrogen and oxygen atoms in total. The summed E-state index contributed by atoms with van der Waals surface area (Å²) in [5.41, 5.74) is 0. The normalized spacial score (nSPS) is 11.8. The van der Waals surface area contributed by atoms with Gasteiger partial charge in [-0.25, -0.2) is 0 Å². The molecule has 1 aromatic carbocycles. The molecule has 0 aliphatic carbocycles. The molecule has 0 saturated carbocycles. The Kier molecular flexibility index (Phi) is 32.2. The zero-order valence-corrected chi connectivity index (χ0v) is 30.2. The number of hydrogen-bond donors (Lipinski definition) is 0. The van der Waals surface area contributed by atoms with Crippen molar-refractivity contribution in [3.8, 4) is 5.75 Å². The van der Waals surface area contributed by atoms with Gasteiger partial charge in [0.25, 0.3) is 0 Å². The van der Waals surface area contributed by atoms with Crippen molar-refractivity contribution < 1.29 is 61.3 Å². The highest BCUT2D eigenvalue weighted by atomic mass is 28.4. The van der Waals surface area contributed by atoms with Gasteiger partial charge in [0.1, 0.15) is 12.4 Å². The Morgan fingerprint density at radius 1 is 0.319 bits per heavy atom.